The molecule has 102 valence electrons. The molecular formula is C13H20ClNO2S. The lowest BCUT2D eigenvalue weighted by atomic mass is 10.1. The number of halogens is 1. The summed E-state index contributed by atoms with van der Waals surface area (Å²) in [6.45, 7) is 5.93. The smallest absolute Gasteiger partial charge is 0.207 e. The van der Waals surface area contributed by atoms with Crippen LogP contribution in [0.3, 0.4) is 0 Å². The summed E-state index contributed by atoms with van der Waals surface area (Å²) in [7, 11) is -1.80. The van der Waals surface area contributed by atoms with Gasteiger partial charge in [0.15, 0.2) is 0 Å². The molecule has 0 spiro atoms. The fourth-order valence-corrected chi connectivity index (χ4v) is 3.23. The van der Waals surface area contributed by atoms with Gasteiger partial charge in [0.25, 0.3) is 0 Å². The van der Waals surface area contributed by atoms with Gasteiger partial charge in [0.1, 0.15) is 0 Å². The van der Waals surface area contributed by atoms with Crippen LogP contribution in [0.25, 0.3) is 0 Å². The van der Waals surface area contributed by atoms with E-state index < -0.39 is 10.0 Å². The largest absolute Gasteiger partial charge is 0.243 e. The van der Waals surface area contributed by atoms with Gasteiger partial charge >= 0.3 is 0 Å². The van der Waals surface area contributed by atoms with Crippen molar-refractivity contribution in [2.75, 3.05) is 7.05 Å². The van der Waals surface area contributed by atoms with E-state index >= 15 is 0 Å². The number of nitrogens with zero attached hydrogens (tertiary/aromatic N) is 1. The van der Waals surface area contributed by atoms with Gasteiger partial charge in [-0.3, -0.25) is 0 Å². The molecule has 0 saturated carbocycles. The van der Waals surface area contributed by atoms with Crippen molar-refractivity contribution in [3.63, 3.8) is 0 Å². The summed E-state index contributed by atoms with van der Waals surface area (Å²) in [5.74, 6) is 0.658. The zero-order valence-corrected chi connectivity index (χ0v) is 12.8. The number of rotatable bonds is 5. The summed E-state index contributed by atoms with van der Waals surface area (Å²) in [6, 6.07) is 6.66. The van der Waals surface area contributed by atoms with E-state index in [-0.39, 0.29) is 12.0 Å². The normalized spacial score (nSPS) is 14.2. The Kier molecular flexibility index (Phi) is 5.20. The van der Waals surface area contributed by atoms with Crippen molar-refractivity contribution in [1.82, 2.24) is 4.31 Å². The van der Waals surface area contributed by atoms with Crippen molar-refractivity contribution >= 4 is 21.6 Å². The predicted octanol–water partition coefficient (Wildman–Crippen LogP) is 3.09. The third-order valence-electron chi connectivity index (χ3n) is 3.29. The number of hydrogen-bond acceptors (Lipinski definition) is 2. The van der Waals surface area contributed by atoms with E-state index in [2.05, 4.69) is 0 Å². The Morgan fingerprint density at radius 2 is 1.67 bits per heavy atom. The Morgan fingerprint density at radius 3 is 2.06 bits per heavy atom. The molecule has 0 amide bonds. The predicted molar refractivity (Wildman–Crippen MR) is 75.2 cm³/mol. The molecule has 0 N–H and O–H groups in total. The first-order valence-corrected chi connectivity index (χ1v) is 7.91. The highest BCUT2D eigenvalue weighted by molar-refractivity contribution is 7.89. The molecule has 1 unspecified atom stereocenters. The Hall–Kier alpha value is -0.580. The molecule has 5 heteroatoms. The van der Waals surface area contributed by atoms with Crippen LogP contribution in [0.1, 0.15) is 26.3 Å². The van der Waals surface area contributed by atoms with Gasteiger partial charge in [0, 0.05) is 19.0 Å². The number of alkyl halides is 1. The zero-order valence-electron chi connectivity index (χ0n) is 11.2. The Bertz CT molecular complexity index is 482. The van der Waals surface area contributed by atoms with Crippen LogP contribution in [0.5, 0.6) is 0 Å². The molecule has 0 saturated heterocycles. The molecule has 0 fully saturated rings. The standard InChI is InChI=1S/C13H20ClNO2S/c1-10(2)11(3)15(4)18(16,17)13-7-5-12(9-14)6-8-13/h5-8,10-11H,9H2,1-4H3. The second-order valence-corrected chi connectivity index (χ2v) is 7.05. The van der Waals surface area contributed by atoms with E-state index in [1.54, 1.807) is 31.3 Å². The van der Waals surface area contributed by atoms with Crippen molar-refractivity contribution in [2.24, 2.45) is 5.92 Å². The highest BCUT2D eigenvalue weighted by Crippen LogP contribution is 2.20. The highest BCUT2D eigenvalue weighted by atomic mass is 35.5. The van der Waals surface area contributed by atoms with Crippen molar-refractivity contribution < 1.29 is 8.42 Å². The van der Waals surface area contributed by atoms with Gasteiger partial charge in [0.2, 0.25) is 10.0 Å². The first kappa shape index (κ1) is 15.5. The van der Waals surface area contributed by atoms with Crippen LogP contribution in [0.15, 0.2) is 29.2 Å². The van der Waals surface area contributed by atoms with Crippen molar-refractivity contribution in [2.45, 2.75) is 37.6 Å². The summed E-state index contributed by atoms with van der Waals surface area (Å²) in [5, 5.41) is 0. The molecule has 3 nitrogen and oxygen atoms in total. The number of hydrogen-bond donors (Lipinski definition) is 0. The van der Waals surface area contributed by atoms with Gasteiger partial charge < -0.3 is 0 Å². The van der Waals surface area contributed by atoms with Gasteiger partial charge in [-0.2, -0.15) is 4.31 Å². The number of sulfonamides is 1. The lowest BCUT2D eigenvalue weighted by Gasteiger charge is -2.27. The third kappa shape index (κ3) is 3.25. The van der Waals surface area contributed by atoms with Crippen molar-refractivity contribution in [3.05, 3.63) is 29.8 Å². The van der Waals surface area contributed by atoms with E-state index in [4.69, 9.17) is 11.6 Å². The maximum absolute atomic E-state index is 12.4. The summed E-state index contributed by atoms with van der Waals surface area (Å²) >= 11 is 5.69. The van der Waals surface area contributed by atoms with E-state index in [0.717, 1.165) is 5.56 Å². The van der Waals surface area contributed by atoms with Gasteiger partial charge in [-0.1, -0.05) is 26.0 Å². The summed E-state index contributed by atoms with van der Waals surface area (Å²) in [6.07, 6.45) is 0. The molecule has 0 bridgehead atoms. The molecule has 0 radical (unpaired) electrons. The highest BCUT2D eigenvalue weighted by Gasteiger charge is 2.26. The minimum atomic E-state index is -3.42. The van der Waals surface area contributed by atoms with Gasteiger partial charge in [-0.15, -0.1) is 11.6 Å². The van der Waals surface area contributed by atoms with Crippen LogP contribution >= 0.6 is 11.6 Å². The molecule has 0 heterocycles. The molecule has 1 atom stereocenters. The van der Waals surface area contributed by atoms with E-state index in [1.165, 1.54) is 4.31 Å². The first-order valence-electron chi connectivity index (χ1n) is 5.93. The quantitative estimate of drug-likeness (QED) is 0.781. The second kappa shape index (κ2) is 6.04. The molecule has 1 rings (SSSR count). The van der Waals surface area contributed by atoms with Gasteiger partial charge in [0.05, 0.1) is 4.90 Å². The summed E-state index contributed by atoms with van der Waals surface area (Å²) in [5.41, 5.74) is 0.912. The minimum Gasteiger partial charge on any atom is -0.207 e. The molecule has 1 aromatic rings. The average Bonchev–Trinajstić information content (AvgIpc) is 2.36. The van der Waals surface area contributed by atoms with Crippen LogP contribution in [0.4, 0.5) is 0 Å². The molecule has 18 heavy (non-hydrogen) atoms. The van der Waals surface area contributed by atoms with E-state index in [9.17, 15) is 8.42 Å². The van der Waals surface area contributed by atoms with Crippen LogP contribution in [0.2, 0.25) is 0 Å². The topological polar surface area (TPSA) is 37.4 Å². The Balaban J connectivity index is 3.05. The Labute approximate surface area is 115 Å². The molecule has 0 aliphatic carbocycles. The van der Waals surface area contributed by atoms with E-state index in [0.29, 0.717) is 10.8 Å². The monoisotopic (exact) mass is 289 g/mol. The van der Waals surface area contributed by atoms with Crippen LogP contribution < -0.4 is 0 Å². The first-order chi connectivity index (χ1) is 8.30. The molecule has 0 aromatic heterocycles. The molecular weight excluding hydrogens is 270 g/mol. The fraction of sp³-hybridized carbons (Fsp3) is 0.538. The zero-order chi connectivity index (χ0) is 13.9. The van der Waals surface area contributed by atoms with Gasteiger partial charge in [-0.05, 0) is 30.5 Å². The summed E-state index contributed by atoms with van der Waals surface area (Å²) in [4.78, 5) is 0.311. The van der Waals surface area contributed by atoms with Gasteiger partial charge in [-0.25, -0.2) is 8.42 Å². The molecule has 1 aromatic carbocycles. The Morgan fingerprint density at radius 1 is 1.17 bits per heavy atom. The number of benzene rings is 1. The maximum Gasteiger partial charge on any atom is 0.243 e. The van der Waals surface area contributed by atoms with Crippen LogP contribution in [-0.4, -0.2) is 25.8 Å². The third-order valence-corrected chi connectivity index (χ3v) is 5.56. The lowest BCUT2D eigenvalue weighted by Crippen LogP contribution is -2.38. The summed E-state index contributed by atoms with van der Waals surface area (Å²) < 4.78 is 26.2. The second-order valence-electron chi connectivity index (χ2n) is 4.78. The average molecular weight is 290 g/mol. The lowest BCUT2D eigenvalue weighted by molar-refractivity contribution is 0.316. The van der Waals surface area contributed by atoms with E-state index in [1.807, 2.05) is 20.8 Å². The van der Waals surface area contributed by atoms with Crippen molar-refractivity contribution in [1.29, 1.82) is 0 Å². The maximum atomic E-state index is 12.4. The van der Waals surface area contributed by atoms with Crippen molar-refractivity contribution in [3.8, 4) is 0 Å². The molecule has 0 aliphatic rings. The van der Waals surface area contributed by atoms with Crippen LogP contribution in [0, 0.1) is 5.92 Å². The minimum absolute atomic E-state index is 0.0392. The fourth-order valence-electron chi connectivity index (χ4n) is 1.56. The SMILES string of the molecule is CC(C)C(C)N(C)S(=O)(=O)c1ccc(CCl)cc1. The molecule has 0 aliphatic heterocycles. The van der Waals surface area contributed by atoms with Crippen LogP contribution in [-0.2, 0) is 15.9 Å².